The van der Waals surface area contributed by atoms with Gasteiger partial charge in [0, 0.05) is 5.02 Å². The van der Waals surface area contributed by atoms with Gasteiger partial charge in [0.15, 0.2) is 18.1 Å². The number of ether oxygens (including phenoxy) is 5. The monoisotopic (exact) mass is 512 g/mol. The maximum absolute atomic E-state index is 12.7. The molecule has 9 nitrogen and oxygen atoms in total. The molecule has 0 atom stereocenters. The summed E-state index contributed by atoms with van der Waals surface area (Å²) in [5.74, 6) is 0.773. The van der Waals surface area contributed by atoms with Gasteiger partial charge in [0.25, 0.3) is 5.91 Å². The third-order valence-electron chi connectivity index (χ3n) is 4.87. The normalized spacial score (nSPS) is 10.6. The number of methoxy groups -OCH3 is 3. The molecule has 1 amide bonds. The molecular formula is C26H25ClN2O7. The van der Waals surface area contributed by atoms with Gasteiger partial charge >= 0.3 is 5.97 Å². The molecule has 0 unspecified atom stereocenters. The van der Waals surface area contributed by atoms with Gasteiger partial charge in [-0.1, -0.05) is 23.7 Å². The Bertz CT molecular complexity index is 1250. The quantitative estimate of drug-likeness (QED) is 0.185. The highest BCUT2D eigenvalue weighted by Crippen LogP contribution is 2.38. The SMILES string of the molecule is COc1cc(C(=O)Oc2cccc(/C=N\NC(=O)COc3ccc(Cl)c(C)c3)c2)cc(OC)c1OC. The summed E-state index contributed by atoms with van der Waals surface area (Å²) in [5.41, 5.74) is 4.04. The van der Waals surface area contributed by atoms with E-state index in [9.17, 15) is 9.59 Å². The zero-order chi connectivity index (χ0) is 26.1. The van der Waals surface area contributed by atoms with Crippen LogP contribution in [0, 0.1) is 6.92 Å². The number of hydrazone groups is 1. The third kappa shape index (κ3) is 6.89. The molecule has 0 aliphatic carbocycles. The highest BCUT2D eigenvalue weighted by molar-refractivity contribution is 6.31. The van der Waals surface area contributed by atoms with Gasteiger partial charge in [0.1, 0.15) is 11.5 Å². The molecule has 0 aliphatic rings. The number of esters is 1. The number of aryl methyl sites for hydroxylation is 1. The predicted octanol–water partition coefficient (Wildman–Crippen LogP) is 4.42. The van der Waals surface area contributed by atoms with Gasteiger partial charge in [-0.25, -0.2) is 10.2 Å². The average molecular weight is 513 g/mol. The Morgan fingerprint density at radius 3 is 2.31 bits per heavy atom. The van der Waals surface area contributed by atoms with Gasteiger partial charge in [-0.15, -0.1) is 0 Å². The number of hydrogen-bond acceptors (Lipinski definition) is 8. The number of carbonyl (C=O) groups is 2. The van der Waals surface area contributed by atoms with Crippen LogP contribution in [0.15, 0.2) is 59.7 Å². The maximum atomic E-state index is 12.7. The summed E-state index contributed by atoms with van der Waals surface area (Å²) in [4.78, 5) is 24.7. The van der Waals surface area contributed by atoms with Crippen LogP contribution in [-0.4, -0.2) is 46.0 Å². The highest BCUT2D eigenvalue weighted by atomic mass is 35.5. The Hall–Kier alpha value is -4.24. The number of nitrogens with one attached hydrogen (secondary N) is 1. The van der Waals surface area contributed by atoms with Crippen molar-refractivity contribution in [3.05, 3.63) is 76.3 Å². The van der Waals surface area contributed by atoms with Gasteiger partial charge in [-0.05, 0) is 60.5 Å². The maximum Gasteiger partial charge on any atom is 0.343 e. The zero-order valence-corrected chi connectivity index (χ0v) is 20.9. The Labute approximate surface area is 213 Å². The van der Waals surface area contributed by atoms with Crippen molar-refractivity contribution in [2.45, 2.75) is 6.92 Å². The van der Waals surface area contributed by atoms with Crippen molar-refractivity contribution in [2.75, 3.05) is 27.9 Å². The molecule has 10 heteroatoms. The zero-order valence-electron chi connectivity index (χ0n) is 20.2. The molecule has 3 aromatic carbocycles. The van der Waals surface area contributed by atoms with E-state index < -0.39 is 11.9 Å². The summed E-state index contributed by atoms with van der Waals surface area (Å²) in [5, 5.41) is 4.53. The Kier molecular flexibility index (Phi) is 9.13. The van der Waals surface area contributed by atoms with E-state index in [0.29, 0.717) is 33.6 Å². The van der Waals surface area contributed by atoms with Crippen LogP contribution in [-0.2, 0) is 4.79 Å². The Morgan fingerprint density at radius 1 is 0.944 bits per heavy atom. The smallest absolute Gasteiger partial charge is 0.343 e. The molecular weight excluding hydrogens is 488 g/mol. The first-order valence-corrected chi connectivity index (χ1v) is 11.1. The molecule has 0 aliphatic heterocycles. The molecule has 0 heterocycles. The second-order valence-corrected chi connectivity index (χ2v) is 7.78. The second kappa shape index (κ2) is 12.5. The topological polar surface area (TPSA) is 105 Å². The van der Waals surface area contributed by atoms with E-state index in [-0.39, 0.29) is 17.9 Å². The number of hydrogen-bond donors (Lipinski definition) is 1. The first-order chi connectivity index (χ1) is 17.3. The van der Waals surface area contributed by atoms with Crippen molar-refractivity contribution in [3.63, 3.8) is 0 Å². The van der Waals surface area contributed by atoms with Gasteiger partial charge in [-0.2, -0.15) is 5.10 Å². The lowest BCUT2D eigenvalue weighted by Crippen LogP contribution is -2.24. The van der Waals surface area contributed by atoms with Gasteiger partial charge in [0.05, 0.1) is 33.1 Å². The molecule has 188 valence electrons. The first-order valence-electron chi connectivity index (χ1n) is 10.7. The van der Waals surface area contributed by atoms with E-state index >= 15 is 0 Å². The van der Waals surface area contributed by atoms with Crippen molar-refractivity contribution in [3.8, 4) is 28.7 Å². The lowest BCUT2D eigenvalue weighted by atomic mass is 10.1. The number of carbonyl (C=O) groups excluding carboxylic acids is 2. The van der Waals surface area contributed by atoms with Gasteiger partial charge in [-0.3, -0.25) is 4.79 Å². The fourth-order valence-corrected chi connectivity index (χ4v) is 3.21. The minimum absolute atomic E-state index is 0.215. The predicted molar refractivity (Wildman–Crippen MR) is 135 cm³/mol. The summed E-state index contributed by atoms with van der Waals surface area (Å²) in [6.07, 6.45) is 1.42. The summed E-state index contributed by atoms with van der Waals surface area (Å²) >= 11 is 5.98. The van der Waals surface area contributed by atoms with Crippen LogP contribution in [0.1, 0.15) is 21.5 Å². The molecule has 0 spiro atoms. The number of amides is 1. The Balaban J connectivity index is 1.59. The van der Waals surface area contributed by atoms with Crippen LogP contribution in [0.5, 0.6) is 28.7 Å². The third-order valence-corrected chi connectivity index (χ3v) is 5.30. The van der Waals surface area contributed by atoms with Crippen LogP contribution >= 0.6 is 11.6 Å². The molecule has 3 rings (SSSR count). The lowest BCUT2D eigenvalue weighted by molar-refractivity contribution is -0.123. The largest absolute Gasteiger partial charge is 0.493 e. The number of rotatable bonds is 10. The van der Waals surface area contributed by atoms with Crippen LogP contribution < -0.4 is 29.1 Å². The van der Waals surface area contributed by atoms with E-state index in [1.807, 2.05) is 6.92 Å². The molecule has 0 bridgehead atoms. The molecule has 0 fully saturated rings. The molecule has 0 saturated carbocycles. The van der Waals surface area contributed by atoms with Gasteiger partial charge < -0.3 is 23.7 Å². The molecule has 0 radical (unpaired) electrons. The second-order valence-electron chi connectivity index (χ2n) is 7.37. The summed E-state index contributed by atoms with van der Waals surface area (Å²) in [6, 6.07) is 14.7. The number of benzene rings is 3. The fourth-order valence-electron chi connectivity index (χ4n) is 3.09. The fraction of sp³-hybridized carbons (Fsp3) is 0.192. The standard InChI is InChI=1S/C26H25ClN2O7/c1-16-10-19(8-9-21(16)27)35-15-24(30)29-28-14-17-6-5-7-20(11-17)36-26(31)18-12-22(32-2)25(34-4)23(13-18)33-3/h5-14H,15H2,1-4H3,(H,29,30)/b28-14-. The summed E-state index contributed by atoms with van der Waals surface area (Å²) in [7, 11) is 4.39. The van der Waals surface area contributed by atoms with E-state index in [1.165, 1.54) is 39.7 Å². The van der Waals surface area contributed by atoms with E-state index in [4.69, 9.17) is 35.3 Å². The highest BCUT2D eigenvalue weighted by Gasteiger charge is 2.18. The lowest BCUT2D eigenvalue weighted by Gasteiger charge is -2.13. The summed E-state index contributed by atoms with van der Waals surface area (Å²) < 4.78 is 26.7. The number of halogens is 1. The number of nitrogens with zero attached hydrogens (tertiary/aromatic N) is 1. The first kappa shape index (κ1) is 26.4. The van der Waals surface area contributed by atoms with Crippen molar-refractivity contribution in [2.24, 2.45) is 5.10 Å². The van der Waals surface area contributed by atoms with Crippen molar-refractivity contribution in [1.82, 2.24) is 5.43 Å². The van der Waals surface area contributed by atoms with Crippen LogP contribution in [0.3, 0.4) is 0 Å². The van der Waals surface area contributed by atoms with E-state index in [2.05, 4.69) is 10.5 Å². The molecule has 3 aromatic rings. The summed E-state index contributed by atoms with van der Waals surface area (Å²) in [6.45, 7) is 1.63. The molecule has 1 N–H and O–H groups in total. The van der Waals surface area contributed by atoms with E-state index in [1.54, 1.807) is 42.5 Å². The van der Waals surface area contributed by atoms with Crippen molar-refractivity contribution >= 4 is 29.7 Å². The van der Waals surface area contributed by atoms with Crippen molar-refractivity contribution < 1.29 is 33.3 Å². The van der Waals surface area contributed by atoms with Crippen molar-refractivity contribution in [1.29, 1.82) is 0 Å². The minimum atomic E-state index is -0.619. The Morgan fingerprint density at radius 2 is 1.67 bits per heavy atom. The molecule has 36 heavy (non-hydrogen) atoms. The minimum Gasteiger partial charge on any atom is -0.493 e. The van der Waals surface area contributed by atoms with Crippen LogP contribution in [0.4, 0.5) is 0 Å². The average Bonchev–Trinajstić information content (AvgIpc) is 2.88. The van der Waals surface area contributed by atoms with Crippen LogP contribution in [0.2, 0.25) is 5.02 Å². The van der Waals surface area contributed by atoms with E-state index in [0.717, 1.165) is 5.56 Å². The molecule has 0 aromatic heterocycles. The molecule has 0 saturated heterocycles. The van der Waals surface area contributed by atoms with Crippen LogP contribution in [0.25, 0.3) is 0 Å². The van der Waals surface area contributed by atoms with Gasteiger partial charge in [0.2, 0.25) is 5.75 Å².